The number of alkyl halides is 3. The first kappa shape index (κ1) is 22.6. The van der Waals surface area contributed by atoms with E-state index in [9.17, 15) is 13.2 Å². The Morgan fingerprint density at radius 1 is 1.11 bits per heavy atom. The maximum Gasteiger partial charge on any atom is 0.434 e. The van der Waals surface area contributed by atoms with Crippen molar-refractivity contribution in [3.63, 3.8) is 0 Å². The number of aromatic amines is 1. The predicted molar refractivity (Wildman–Crippen MR) is 123 cm³/mol. The van der Waals surface area contributed by atoms with Gasteiger partial charge < -0.3 is 9.88 Å². The Hall–Kier alpha value is -4.22. The SMILES string of the molecule is Cc1cn[nH]c1-c1nc(NCc2ccc(-c3nc(C(F)(F)F)cn3C(C)C)cc2)c2nccn2n1. The van der Waals surface area contributed by atoms with Gasteiger partial charge in [0.2, 0.25) is 0 Å². The van der Waals surface area contributed by atoms with Crippen LogP contribution in [-0.4, -0.2) is 39.3 Å². The zero-order chi connectivity index (χ0) is 24.7. The van der Waals surface area contributed by atoms with E-state index in [2.05, 4.69) is 35.6 Å². The summed E-state index contributed by atoms with van der Waals surface area (Å²) in [6, 6.07) is 7.06. The third kappa shape index (κ3) is 4.34. The van der Waals surface area contributed by atoms with E-state index in [0.29, 0.717) is 35.1 Å². The van der Waals surface area contributed by atoms with Crippen molar-refractivity contribution < 1.29 is 13.2 Å². The lowest BCUT2D eigenvalue weighted by Crippen LogP contribution is -2.08. The highest BCUT2D eigenvalue weighted by Gasteiger charge is 2.35. The van der Waals surface area contributed by atoms with Gasteiger partial charge in [-0.1, -0.05) is 24.3 Å². The molecule has 180 valence electrons. The molecule has 0 spiro atoms. The predicted octanol–water partition coefficient (Wildman–Crippen LogP) is 4.90. The van der Waals surface area contributed by atoms with Crippen molar-refractivity contribution in [2.24, 2.45) is 0 Å². The van der Waals surface area contributed by atoms with Gasteiger partial charge in [0.1, 0.15) is 11.5 Å². The highest BCUT2D eigenvalue weighted by atomic mass is 19.4. The average Bonchev–Trinajstić information content (AvgIpc) is 3.56. The molecule has 4 heterocycles. The van der Waals surface area contributed by atoms with Gasteiger partial charge in [-0.15, -0.1) is 5.10 Å². The molecule has 2 N–H and O–H groups in total. The van der Waals surface area contributed by atoms with Crippen molar-refractivity contribution in [2.75, 3.05) is 5.32 Å². The monoisotopic (exact) mass is 481 g/mol. The Labute approximate surface area is 198 Å². The number of imidazole rings is 2. The normalized spacial score (nSPS) is 12.1. The fourth-order valence-electron chi connectivity index (χ4n) is 3.72. The number of halogens is 3. The number of nitrogens with zero attached hydrogens (tertiary/aromatic N) is 7. The average molecular weight is 481 g/mol. The van der Waals surface area contributed by atoms with Crippen LogP contribution in [0.5, 0.6) is 0 Å². The van der Waals surface area contributed by atoms with Crippen molar-refractivity contribution in [3.8, 4) is 22.9 Å². The fourth-order valence-corrected chi connectivity index (χ4v) is 3.72. The van der Waals surface area contributed by atoms with E-state index in [4.69, 9.17) is 0 Å². The Bertz CT molecular complexity index is 1480. The van der Waals surface area contributed by atoms with Crippen molar-refractivity contribution in [1.82, 2.24) is 39.3 Å². The number of rotatable bonds is 6. The molecule has 0 amide bonds. The Kier molecular flexibility index (Phi) is 5.50. The molecule has 0 saturated carbocycles. The molecule has 0 fully saturated rings. The zero-order valence-electron chi connectivity index (χ0n) is 19.2. The fraction of sp³-hybridized carbons (Fsp3) is 0.261. The first-order chi connectivity index (χ1) is 16.7. The van der Waals surface area contributed by atoms with E-state index in [-0.39, 0.29) is 11.9 Å². The lowest BCUT2D eigenvalue weighted by Gasteiger charge is -2.12. The number of aryl methyl sites for hydroxylation is 1. The molecule has 5 rings (SSSR count). The smallest absolute Gasteiger partial charge is 0.363 e. The van der Waals surface area contributed by atoms with E-state index >= 15 is 0 Å². The summed E-state index contributed by atoms with van der Waals surface area (Å²) in [4.78, 5) is 12.8. The van der Waals surface area contributed by atoms with Gasteiger partial charge in [0.25, 0.3) is 0 Å². The highest BCUT2D eigenvalue weighted by molar-refractivity contribution is 5.66. The Balaban J connectivity index is 1.40. The van der Waals surface area contributed by atoms with Crippen LogP contribution >= 0.6 is 0 Å². The Morgan fingerprint density at radius 3 is 2.54 bits per heavy atom. The minimum atomic E-state index is -4.50. The van der Waals surface area contributed by atoms with Crippen molar-refractivity contribution in [1.29, 1.82) is 0 Å². The van der Waals surface area contributed by atoms with Crippen LogP contribution in [0.3, 0.4) is 0 Å². The third-order valence-corrected chi connectivity index (χ3v) is 5.56. The van der Waals surface area contributed by atoms with Crippen LogP contribution in [0, 0.1) is 6.92 Å². The van der Waals surface area contributed by atoms with Crippen molar-refractivity contribution >= 4 is 11.5 Å². The topological polar surface area (TPSA) is 102 Å². The van der Waals surface area contributed by atoms with Crippen LogP contribution in [0.1, 0.15) is 36.7 Å². The Morgan fingerprint density at radius 2 is 1.89 bits per heavy atom. The number of benzene rings is 1. The van der Waals surface area contributed by atoms with E-state index in [1.54, 1.807) is 35.2 Å². The molecule has 0 saturated heterocycles. The number of aromatic nitrogens is 8. The second-order valence-electron chi connectivity index (χ2n) is 8.41. The summed E-state index contributed by atoms with van der Waals surface area (Å²) in [5, 5.41) is 14.7. The molecule has 0 unspecified atom stereocenters. The first-order valence-electron chi connectivity index (χ1n) is 10.9. The molecule has 0 aliphatic rings. The van der Waals surface area contributed by atoms with Gasteiger partial charge in [0.15, 0.2) is 23.0 Å². The van der Waals surface area contributed by atoms with Gasteiger partial charge in [-0.25, -0.2) is 19.5 Å². The maximum absolute atomic E-state index is 13.2. The minimum Gasteiger partial charge on any atom is -0.363 e. The van der Waals surface area contributed by atoms with Crippen molar-refractivity contribution in [2.45, 2.75) is 39.5 Å². The number of H-pyrrole nitrogens is 1. The summed E-state index contributed by atoms with van der Waals surface area (Å²) in [6.07, 6.45) is 1.63. The van der Waals surface area contributed by atoms with Gasteiger partial charge in [-0.05, 0) is 31.9 Å². The van der Waals surface area contributed by atoms with E-state index in [1.807, 2.05) is 32.9 Å². The molecular formula is C23H22F3N9. The zero-order valence-corrected chi connectivity index (χ0v) is 19.2. The van der Waals surface area contributed by atoms with E-state index in [1.165, 1.54) is 4.57 Å². The summed E-state index contributed by atoms with van der Waals surface area (Å²) in [5.41, 5.74) is 2.82. The second kappa shape index (κ2) is 8.53. The largest absolute Gasteiger partial charge is 0.434 e. The molecule has 1 aromatic carbocycles. The number of nitrogens with one attached hydrogen (secondary N) is 2. The quantitative estimate of drug-likeness (QED) is 0.358. The number of hydrogen-bond acceptors (Lipinski definition) is 6. The number of fused-ring (bicyclic) bond motifs is 1. The van der Waals surface area contributed by atoms with Crippen LogP contribution in [0.15, 0.2) is 49.1 Å². The minimum absolute atomic E-state index is 0.169. The van der Waals surface area contributed by atoms with Gasteiger partial charge in [0, 0.05) is 36.7 Å². The van der Waals surface area contributed by atoms with Crippen LogP contribution in [0.2, 0.25) is 0 Å². The number of hydrogen-bond donors (Lipinski definition) is 2. The molecular weight excluding hydrogens is 459 g/mol. The second-order valence-corrected chi connectivity index (χ2v) is 8.41. The summed E-state index contributed by atoms with van der Waals surface area (Å²) in [5.74, 6) is 1.30. The lowest BCUT2D eigenvalue weighted by atomic mass is 10.1. The molecule has 9 nitrogen and oxygen atoms in total. The standard InChI is InChI=1S/C23H22F3N9/c1-13(2)34-12-17(23(24,25)26)30-21(34)16-6-4-15(5-7-16)11-28-20-22-27-8-9-35(22)33-19(31-20)18-14(3)10-29-32-18/h4-10,12-13H,11H2,1-3H3,(H,29,32)(H,28,31,33). The lowest BCUT2D eigenvalue weighted by molar-refractivity contribution is -0.140. The molecule has 0 atom stereocenters. The third-order valence-electron chi connectivity index (χ3n) is 5.56. The van der Waals surface area contributed by atoms with Crippen molar-refractivity contribution in [3.05, 3.63) is 65.9 Å². The number of anilines is 1. The molecule has 4 aromatic heterocycles. The van der Waals surface area contributed by atoms with E-state index < -0.39 is 11.9 Å². The molecule has 0 aliphatic carbocycles. The molecule has 5 aromatic rings. The van der Waals surface area contributed by atoms with Crippen LogP contribution < -0.4 is 5.32 Å². The molecule has 12 heteroatoms. The summed E-state index contributed by atoms with van der Waals surface area (Å²) >= 11 is 0. The summed E-state index contributed by atoms with van der Waals surface area (Å²) < 4.78 is 42.8. The molecule has 0 radical (unpaired) electrons. The van der Waals surface area contributed by atoms with Gasteiger partial charge in [-0.2, -0.15) is 18.3 Å². The highest BCUT2D eigenvalue weighted by Crippen LogP contribution is 2.32. The molecule has 0 aliphatic heterocycles. The summed E-state index contributed by atoms with van der Waals surface area (Å²) in [6.45, 7) is 5.98. The molecule has 35 heavy (non-hydrogen) atoms. The molecule has 0 bridgehead atoms. The van der Waals surface area contributed by atoms with Gasteiger partial charge >= 0.3 is 6.18 Å². The summed E-state index contributed by atoms with van der Waals surface area (Å²) in [7, 11) is 0. The van der Waals surface area contributed by atoms with Crippen LogP contribution in [0.25, 0.3) is 28.6 Å². The van der Waals surface area contributed by atoms with E-state index in [0.717, 1.165) is 17.3 Å². The van der Waals surface area contributed by atoms with Gasteiger partial charge in [-0.3, -0.25) is 5.10 Å². The maximum atomic E-state index is 13.2. The van der Waals surface area contributed by atoms with Crippen LogP contribution in [0.4, 0.5) is 19.0 Å². The first-order valence-corrected chi connectivity index (χ1v) is 10.9. The van der Waals surface area contributed by atoms with Gasteiger partial charge in [0.05, 0.1) is 6.20 Å². The van der Waals surface area contributed by atoms with Crippen LogP contribution in [-0.2, 0) is 12.7 Å².